The third-order valence-corrected chi connectivity index (χ3v) is 3.42. The molecule has 0 saturated carbocycles. The number of anilines is 1. The molecule has 1 aromatic heterocycles. The van der Waals surface area contributed by atoms with Gasteiger partial charge in [-0.25, -0.2) is 4.39 Å². The molecule has 106 valence electrons. The van der Waals surface area contributed by atoms with Gasteiger partial charge in [-0.15, -0.1) is 5.10 Å². The van der Waals surface area contributed by atoms with Crippen LogP contribution in [-0.2, 0) is 0 Å². The Morgan fingerprint density at radius 3 is 2.76 bits per heavy atom. The number of nitrogens with two attached hydrogens (primary N) is 1. The van der Waals surface area contributed by atoms with Gasteiger partial charge in [0.05, 0.1) is 10.7 Å². The fraction of sp³-hybridized carbons (Fsp3) is 0.0714. The maximum Gasteiger partial charge on any atom is 0.187 e. The van der Waals surface area contributed by atoms with Gasteiger partial charge in [0.2, 0.25) is 0 Å². The summed E-state index contributed by atoms with van der Waals surface area (Å²) in [4.78, 5) is 0. The molecule has 7 heteroatoms. The van der Waals surface area contributed by atoms with Gasteiger partial charge in [0, 0.05) is 17.3 Å². The molecule has 0 bridgehead atoms. The van der Waals surface area contributed by atoms with Gasteiger partial charge in [-0.05, 0) is 53.2 Å². The summed E-state index contributed by atoms with van der Waals surface area (Å²) in [7, 11) is 0. The third kappa shape index (κ3) is 2.45. The van der Waals surface area contributed by atoms with Crippen molar-refractivity contribution in [3.8, 4) is 17.1 Å². The van der Waals surface area contributed by atoms with Crippen LogP contribution in [0.15, 0.2) is 36.4 Å². The molecule has 0 aliphatic rings. The van der Waals surface area contributed by atoms with Crippen molar-refractivity contribution >= 4 is 17.3 Å². The van der Waals surface area contributed by atoms with Gasteiger partial charge in [-0.1, -0.05) is 11.6 Å². The highest BCUT2D eigenvalue weighted by Gasteiger charge is 2.15. The molecule has 3 rings (SSSR count). The minimum atomic E-state index is -0.412. The van der Waals surface area contributed by atoms with Gasteiger partial charge in [0.15, 0.2) is 5.82 Å². The Morgan fingerprint density at radius 2 is 2.00 bits per heavy atom. The van der Waals surface area contributed by atoms with Gasteiger partial charge in [0.1, 0.15) is 5.82 Å². The molecule has 0 atom stereocenters. The van der Waals surface area contributed by atoms with Crippen LogP contribution in [0.3, 0.4) is 0 Å². The number of aromatic nitrogens is 4. The Balaban J connectivity index is 2.19. The first-order valence-corrected chi connectivity index (χ1v) is 6.54. The van der Waals surface area contributed by atoms with E-state index in [1.807, 2.05) is 19.1 Å². The van der Waals surface area contributed by atoms with Gasteiger partial charge in [0.25, 0.3) is 0 Å². The molecule has 0 aliphatic heterocycles. The highest BCUT2D eigenvalue weighted by Crippen LogP contribution is 2.28. The van der Waals surface area contributed by atoms with E-state index < -0.39 is 5.82 Å². The van der Waals surface area contributed by atoms with Crippen molar-refractivity contribution < 1.29 is 4.39 Å². The second-order valence-corrected chi connectivity index (χ2v) is 4.99. The second-order valence-electron chi connectivity index (χ2n) is 4.58. The molecule has 0 spiro atoms. The van der Waals surface area contributed by atoms with Gasteiger partial charge < -0.3 is 5.73 Å². The minimum Gasteiger partial charge on any atom is -0.399 e. The molecule has 0 amide bonds. The number of hydrogen-bond acceptors (Lipinski definition) is 4. The lowest BCUT2D eigenvalue weighted by Gasteiger charge is -2.09. The lowest BCUT2D eigenvalue weighted by Crippen LogP contribution is -2.02. The third-order valence-electron chi connectivity index (χ3n) is 3.10. The van der Waals surface area contributed by atoms with Crippen LogP contribution in [-0.4, -0.2) is 20.2 Å². The first-order chi connectivity index (χ1) is 10.1. The highest BCUT2D eigenvalue weighted by molar-refractivity contribution is 6.32. The molecule has 0 fully saturated rings. The maximum atomic E-state index is 13.4. The van der Waals surface area contributed by atoms with Gasteiger partial charge in [-0.3, -0.25) is 0 Å². The summed E-state index contributed by atoms with van der Waals surface area (Å²) < 4.78 is 14.9. The predicted octanol–water partition coefficient (Wildman–Crippen LogP) is 3.01. The average molecular weight is 304 g/mol. The molecule has 0 unspecified atom stereocenters. The topological polar surface area (TPSA) is 69.6 Å². The summed E-state index contributed by atoms with van der Waals surface area (Å²) in [6.45, 7) is 1.90. The van der Waals surface area contributed by atoms with Crippen LogP contribution >= 0.6 is 11.6 Å². The summed E-state index contributed by atoms with van der Waals surface area (Å²) >= 11 is 6.11. The maximum absolute atomic E-state index is 13.4. The van der Waals surface area contributed by atoms with E-state index in [9.17, 15) is 4.39 Å². The summed E-state index contributed by atoms with van der Waals surface area (Å²) in [6.07, 6.45) is 0. The molecule has 0 aliphatic carbocycles. The first kappa shape index (κ1) is 13.5. The van der Waals surface area contributed by atoms with Crippen molar-refractivity contribution in [2.75, 3.05) is 5.73 Å². The largest absolute Gasteiger partial charge is 0.399 e. The Kier molecular flexibility index (Phi) is 3.31. The van der Waals surface area contributed by atoms with E-state index in [-0.39, 0.29) is 0 Å². The number of halogens is 2. The summed E-state index contributed by atoms with van der Waals surface area (Å²) in [6, 6.07) is 9.43. The van der Waals surface area contributed by atoms with Crippen LogP contribution in [0, 0.1) is 12.7 Å². The van der Waals surface area contributed by atoms with Crippen LogP contribution < -0.4 is 5.73 Å². The molecule has 0 radical (unpaired) electrons. The van der Waals surface area contributed by atoms with Crippen LogP contribution in [0.25, 0.3) is 17.1 Å². The molecular formula is C14H11ClFN5. The van der Waals surface area contributed by atoms with Gasteiger partial charge in [-0.2, -0.15) is 4.68 Å². The number of tetrazole rings is 1. The van der Waals surface area contributed by atoms with Crippen molar-refractivity contribution in [1.82, 2.24) is 20.2 Å². The number of nitrogen functional groups attached to an aromatic ring is 1. The van der Waals surface area contributed by atoms with Crippen LogP contribution in [0.1, 0.15) is 5.56 Å². The van der Waals surface area contributed by atoms with Crippen LogP contribution in [0.2, 0.25) is 5.02 Å². The lowest BCUT2D eigenvalue weighted by atomic mass is 10.1. The Labute approximate surface area is 125 Å². The zero-order valence-corrected chi connectivity index (χ0v) is 11.8. The molecule has 3 aromatic rings. The quantitative estimate of drug-likeness (QED) is 0.739. The van der Waals surface area contributed by atoms with Gasteiger partial charge >= 0.3 is 0 Å². The number of aryl methyl sites for hydroxylation is 1. The molecule has 21 heavy (non-hydrogen) atoms. The van der Waals surface area contributed by atoms with Crippen molar-refractivity contribution in [3.63, 3.8) is 0 Å². The average Bonchev–Trinajstić information content (AvgIpc) is 2.90. The SMILES string of the molecule is Cc1cc(N)ccc1-c1nnnn1-c1cc(F)ccc1Cl. The van der Waals surface area contributed by atoms with E-state index in [1.165, 1.54) is 22.9 Å². The Hall–Kier alpha value is -2.47. The molecule has 2 N–H and O–H groups in total. The smallest absolute Gasteiger partial charge is 0.187 e. The number of benzene rings is 2. The summed E-state index contributed by atoms with van der Waals surface area (Å²) in [5.41, 5.74) is 8.49. The fourth-order valence-electron chi connectivity index (χ4n) is 2.10. The monoisotopic (exact) mass is 303 g/mol. The highest BCUT2D eigenvalue weighted by atomic mass is 35.5. The van der Waals surface area contributed by atoms with E-state index in [4.69, 9.17) is 17.3 Å². The molecular weight excluding hydrogens is 293 g/mol. The fourth-order valence-corrected chi connectivity index (χ4v) is 2.30. The zero-order valence-electron chi connectivity index (χ0n) is 11.1. The van der Waals surface area contributed by atoms with E-state index in [2.05, 4.69) is 15.5 Å². The standard InChI is InChI=1S/C14H11ClFN5/c1-8-6-10(17)3-4-11(8)14-18-19-20-21(14)13-7-9(16)2-5-12(13)15/h2-7H,17H2,1H3. The summed E-state index contributed by atoms with van der Waals surface area (Å²) in [5, 5.41) is 11.9. The van der Waals surface area contributed by atoms with Crippen LogP contribution in [0.5, 0.6) is 0 Å². The van der Waals surface area contributed by atoms with Crippen molar-refractivity contribution in [1.29, 1.82) is 0 Å². The first-order valence-electron chi connectivity index (χ1n) is 6.16. The zero-order chi connectivity index (χ0) is 15.0. The molecule has 2 aromatic carbocycles. The van der Waals surface area contributed by atoms with E-state index in [0.29, 0.717) is 22.2 Å². The van der Waals surface area contributed by atoms with Crippen molar-refractivity contribution in [2.24, 2.45) is 0 Å². The number of hydrogen-bond donors (Lipinski definition) is 1. The lowest BCUT2D eigenvalue weighted by molar-refractivity contribution is 0.625. The summed E-state index contributed by atoms with van der Waals surface area (Å²) in [5.74, 6) is 0.0601. The van der Waals surface area contributed by atoms with Crippen LogP contribution in [0.4, 0.5) is 10.1 Å². The molecule has 5 nitrogen and oxygen atoms in total. The Morgan fingerprint density at radius 1 is 1.19 bits per heavy atom. The second kappa shape index (κ2) is 5.14. The minimum absolute atomic E-state index is 0.359. The van der Waals surface area contributed by atoms with E-state index in [0.717, 1.165) is 11.1 Å². The number of nitrogens with zero attached hydrogens (tertiary/aromatic N) is 4. The molecule has 1 heterocycles. The molecule has 0 saturated heterocycles. The predicted molar refractivity (Wildman–Crippen MR) is 78.7 cm³/mol. The Bertz CT molecular complexity index is 815. The number of rotatable bonds is 2. The van der Waals surface area contributed by atoms with E-state index in [1.54, 1.807) is 6.07 Å². The van der Waals surface area contributed by atoms with Crippen molar-refractivity contribution in [3.05, 3.63) is 52.8 Å². The normalized spacial score (nSPS) is 10.8. The van der Waals surface area contributed by atoms with E-state index >= 15 is 0 Å². The van der Waals surface area contributed by atoms with Crippen molar-refractivity contribution in [2.45, 2.75) is 6.92 Å².